The van der Waals surface area contributed by atoms with Crippen LogP contribution in [0.3, 0.4) is 0 Å². The maximum atomic E-state index is 12.6. The molecule has 1 aliphatic rings. The first kappa shape index (κ1) is 15.3. The van der Waals surface area contributed by atoms with Crippen molar-refractivity contribution in [1.29, 1.82) is 0 Å². The lowest BCUT2D eigenvalue weighted by molar-refractivity contribution is -0.385. The van der Waals surface area contributed by atoms with E-state index in [-0.39, 0.29) is 11.3 Å². The van der Waals surface area contributed by atoms with E-state index in [0.717, 1.165) is 5.01 Å². The van der Waals surface area contributed by atoms with E-state index >= 15 is 0 Å². The van der Waals surface area contributed by atoms with Gasteiger partial charge in [0.25, 0.3) is 11.6 Å². The zero-order valence-corrected chi connectivity index (χ0v) is 13.2. The standard InChI is InChI=1S/C13H12BrN3O4/c1-7-6-9(4-5-10(7)17(20)21)11(18)13(14)8(2)15-16(3)12(13)19/h4-6H,1-3H3. The molecule has 0 fully saturated rings. The van der Waals surface area contributed by atoms with Gasteiger partial charge in [0.05, 0.1) is 10.6 Å². The van der Waals surface area contributed by atoms with E-state index in [9.17, 15) is 19.7 Å². The van der Waals surface area contributed by atoms with Crippen LogP contribution in [-0.2, 0) is 4.79 Å². The summed E-state index contributed by atoms with van der Waals surface area (Å²) in [6.07, 6.45) is 0. The highest BCUT2D eigenvalue weighted by Crippen LogP contribution is 2.33. The first-order valence-electron chi connectivity index (χ1n) is 6.02. The van der Waals surface area contributed by atoms with Gasteiger partial charge in [-0.2, -0.15) is 5.10 Å². The fraction of sp³-hybridized carbons (Fsp3) is 0.308. The molecule has 1 heterocycles. The second kappa shape index (κ2) is 5.03. The zero-order valence-electron chi connectivity index (χ0n) is 11.6. The van der Waals surface area contributed by atoms with Crippen LogP contribution >= 0.6 is 15.9 Å². The highest BCUT2D eigenvalue weighted by molar-refractivity contribution is 9.11. The molecule has 0 radical (unpaired) electrons. The number of amides is 1. The lowest BCUT2D eigenvalue weighted by atomic mass is 9.92. The van der Waals surface area contributed by atoms with E-state index in [4.69, 9.17) is 0 Å². The quantitative estimate of drug-likeness (QED) is 0.273. The van der Waals surface area contributed by atoms with Crippen molar-refractivity contribution < 1.29 is 14.5 Å². The predicted octanol–water partition coefficient (Wildman–Crippen LogP) is 2.07. The second-order valence-electron chi connectivity index (χ2n) is 4.76. The summed E-state index contributed by atoms with van der Waals surface area (Å²) in [5.74, 6) is -0.975. The summed E-state index contributed by atoms with van der Waals surface area (Å²) < 4.78 is -1.54. The molecule has 1 atom stereocenters. The zero-order chi connectivity index (χ0) is 15.9. The van der Waals surface area contributed by atoms with Crippen LogP contribution in [0.15, 0.2) is 23.3 Å². The molecule has 1 aromatic rings. The van der Waals surface area contributed by atoms with Crippen molar-refractivity contribution in [2.24, 2.45) is 5.10 Å². The maximum absolute atomic E-state index is 12.6. The molecular formula is C13H12BrN3O4. The van der Waals surface area contributed by atoms with E-state index in [0.29, 0.717) is 11.3 Å². The molecular weight excluding hydrogens is 342 g/mol. The van der Waals surface area contributed by atoms with Crippen LogP contribution in [0.2, 0.25) is 0 Å². The lowest BCUT2D eigenvalue weighted by Crippen LogP contribution is -2.46. The van der Waals surface area contributed by atoms with Crippen molar-refractivity contribution in [3.63, 3.8) is 0 Å². The monoisotopic (exact) mass is 353 g/mol. The van der Waals surface area contributed by atoms with Crippen LogP contribution in [-0.4, -0.2) is 38.7 Å². The number of carbonyl (C=O) groups excluding carboxylic acids is 2. The number of nitrogens with zero attached hydrogens (tertiary/aromatic N) is 3. The molecule has 1 aliphatic heterocycles. The number of hydrogen-bond acceptors (Lipinski definition) is 5. The number of alkyl halides is 1. The van der Waals surface area contributed by atoms with Gasteiger partial charge in [-0.3, -0.25) is 19.7 Å². The van der Waals surface area contributed by atoms with Crippen LogP contribution in [0.1, 0.15) is 22.8 Å². The smallest absolute Gasteiger partial charge is 0.273 e. The van der Waals surface area contributed by atoms with E-state index in [2.05, 4.69) is 21.0 Å². The molecule has 21 heavy (non-hydrogen) atoms. The fourth-order valence-electron chi connectivity index (χ4n) is 2.18. The molecule has 1 unspecified atom stereocenters. The molecule has 110 valence electrons. The van der Waals surface area contributed by atoms with E-state index in [1.165, 1.54) is 25.2 Å². The van der Waals surface area contributed by atoms with Crippen molar-refractivity contribution >= 4 is 39.0 Å². The average molecular weight is 354 g/mol. The topological polar surface area (TPSA) is 92.9 Å². The highest BCUT2D eigenvalue weighted by Gasteiger charge is 2.52. The summed E-state index contributed by atoms with van der Waals surface area (Å²) in [6.45, 7) is 3.12. The second-order valence-corrected chi connectivity index (χ2v) is 5.95. The number of nitro groups is 1. The van der Waals surface area contributed by atoms with E-state index in [1.54, 1.807) is 13.8 Å². The van der Waals surface area contributed by atoms with Crippen molar-refractivity contribution in [3.8, 4) is 0 Å². The molecule has 1 aromatic carbocycles. The minimum atomic E-state index is -1.54. The number of aryl methyl sites for hydroxylation is 1. The predicted molar refractivity (Wildman–Crippen MR) is 79.7 cm³/mol. The van der Waals surface area contributed by atoms with Gasteiger partial charge in [-0.25, -0.2) is 5.01 Å². The molecule has 0 aromatic heterocycles. The van der Waals surface area contributed by atoms with Gasteiger partial charge in [0.15, 0.2) is 5.78 Å². The Morgan fingerprint density at radius 3 is 2.48 bits per heavy atom. The number of hydrogen-bond donors (Lipinski definition) is 0. The Morgan fingerprint density at radius 1 is 1.43 bits per heavy atom. The third-order valence-electron chi connectivity index (χ3n) is 3.36. The summed E-state index contributed by atoms with van der Waals surface area (Å²) in [6, 6.07) is 4.01. The Kier molecular flexibility index (Phi) is 3.66. The Morgan fingerprint density at radius 2 is 2.05 bits per heavy atom. The number of nitro benzene ring substituents is 1. The number of halogens is 1. The summed E-state index contributed by atoms with van der Waals surface area (Å²) in [7, 11) is 1.46. The molecule has 0 bridgehead atoms. The summed E-state index contributed by atoms with van der Waals surface area (Å²) in [4.78, 5) is 35.1. The van der Waals surface area contributed by atoms with Crippen molar-refractivity contribution in [2.45, 2.75) is 18.2 Å². The van der Waals surface area contributed by atoms with Gasteiger partial charge >= 0.3 is 0 Å². The summed E-state index contributed by atoms with van der Waals surface area (Å²) >= 11 is 3.19. The molecule has 0 N–H and O–H groups in total. The molecule has 0 spiro atoms. The van der Waals surface area contributed by atoms with Crippen LogP contribution in [0.5, 0.6) is 0 Å². The molecule has 2 rings (SSSR count). The number of Topliss-reactive ketones (excluding diaryl/α,β-unsaturated/α-hetero) is 1. The van der Waals surface area contributed by atoms with Gasteiger partial charge in [0, 0.05) is 24.2 Å². The van der Waals surface area contributed by atoms with Crippen LogP contribution < -0.4 is 0 Å². The number of rotatable bonds is 3. The minimum Gasteiger partial charge on any atom is -0.292 e. The summed E-state index contributed by atoms with van der Waals surface area (Å²) in [5, 5.41) is 15.9. The van der Waals surface area contributed by atoms with Crippen molar-refractivity contribution in [3.05, 3.63) is 39.4 Å². The Labute approximate surface area is 128 Å². The van der Waals surface area contributed by atoms with Crippen molar-refractivity contribution in [2.75, 3.05) is 7.05 Å². The maximum Gasteiger partial charge on any atom is 0.273 e. The Balaban J connectivity index is 2.46. The highest BCUT2D eigenvalue weighted by atomic mass is 79.9. The lowest BCUT2D eigenvalue weighted by Gasteiger charge is -2.19. The van der Waals surface area contributed by atoms with Gasteiger partial charge in [0.1, 0.15) is 0 Å². The number of benzene rings is 1. The molecule has 0 aliphatic carbocycles. The Hall–Kier alpha value is -2.09. The van der Waals surface area contributed by atoms with E-state index < -0.39 is 20.9 Å². The first-order chi connectivity index (χ1) is 9.69. The van der Waals surface area contributed by atoms with Gasteiger partial charge in [-0.15, -0.1) is 0 Å². The van der Waals surface area contributed by atoms with Crippen molar-refractivity contribution in [1.82, 2.24) is 5.01 Å². The molecule has 1 amide bonds. The molecule has 0 saturated heterocycles. The SMILES string of the molecule is CC1=NN(C)C(=O)C1(Br)C(=O)c1ccc([N+](=O)[O-])c(C)c1. The third-order valence-corrected chi connectivity index (χ3v) is 4.63. The van der Waals surface area contributed by atoms with E-state index in [1.807, 2.05) is 0 Å². The average Bonchev–Trinajstić information content (AvgIpc) is 2.62. The first-order valence-corrected chi connectivity index (χ1v) is 6.81. The number of ketones is 1. The summed E-state index contributed by atoms with van der Waals surface area (Å²) in [5.41, 5.74) is 0.829. The molecule has 8 heteroatoms. The molecule has 0 saturated carbocycles. The van der Waals surface area contributed by atoms with Gasteiger partial charge in [-0.1, -0.05) is 15.9 Å². The molecule has 7 nitrogen and oxygen atoms in total. The van der Waals surface area contributed by atoms with Crippen LogP contribution in [0, 0.1) is 17.0 Å². The fourth-order valence-corrected chi connectivity index (χ4v) is 2.74. The van der Waals surface area contributed by atoms with Gasteiger partial charge in [0.2, 0.25) is 4.32 Å². The third kappa shape index (κ3) is 2.25. The Bertz CT molecular complexity index is 701. The normalized spacial score (nSPS) is 21.4. The minimum absolute atomic E-state index is 0.0737. The van der Waals surface area contributed by atoms with Gasteiger partial charge in [-0.05, 0) is 26.0 Å². The largest absolute Gasteiger partial charge is 0.292 e. The number of carbonyl (C=O) groups is 2. The van der Waals surface area contributed by atoms with Crippen LogP contribution in [0.4, 0.5) is 5.69 Å². The van der Waals surface area contributed by atoms with Crippen LogP contribution in [0.25, 0.3) is 0 Å². The number of hydrazone groups is 1. The van der Waals surface area contributed by atoms with Gasteiger partial charge < -0.3 is 0 Å².